The lowest BCUT2D eigenvalue weighted by Gasteiger charge is -2.31. The number of benzene rings is 1. The van der Waals surface area contributed by atoms with Crippen LogP contribution < -0.4 is 10.1 Å². The van der Waals surface area contributed by atoms with Crippen molar-refractivity contribution in [2.45, 2.75) is 63.5 Å². The van der Waals surface area contributed by atoms with Gasteiger partial charge in [-0.1, -0.05) is 36.6 Å². The van der Waals surface area contributed by atoms with Gasteiger partial charge < -0.3 is 14.6 Å². The van der Waals surface area contributed by atoms with Gasteiger partial charge in [0, 0.05) is 31.1 Å². The van der Waals surface area contributed by atoms with Crippen LogP contribution in [0.3, 0.4) is 0 Å². The van der Waals surface area contributed by atoms with Crippen molar-refractivity contribution in [3.05, 3.63) is 47.3 Å². The second-order valence-corrected chi connectivity index (χ2v) is 8.35. The molecular weight excluding hydrogens is 366 g/mol. The second kappa shape index (κ2) is 9.44. The summed E-state index contributed by atoms with van der Waals surface area (Å²) in [5.74, 6) is 1.89. The highest BCUT2D eigenvalue weighted by Gasteiger charge is 2.26. The van der Waals surface area contributed by atoms with Gasteiger partial charge in [0.2, 0.25) is 0 Å². The lowest BCUT2D eigenvalue weighted by atomic mass is 9.94. The lowest BCUT2D eigenvalue weighted by molar-refractivity contribution is 0.0918. The molecule has 0 spiro atoms. The van der Waals surface area contributed by atoms with Crippen LogP contribution in [0.2, 0.25) is 0 Å². The predicted molar refractivity (Wildman–Crippen MR) is 111 cm³/mol. The Morgan fingerprint density at radius 3 is 2.90 bits per heavy atom. The molecule has 4 rings (SSSR count). The van der Waals surface area contributed by atoms with E-state index in [9.17, 15) is 4.79 Å². The molecule has 156 valence electrons. The molecule has 2 fully saturated rings. The largest absolute Gasteiger partial charge is 0.497 e. The van der Waals surface area contributed by atoms with Gasteiger partial charge >= 0.3 is 0 Å². The highest BCUT2D eigenvalue weighted by atomic mass is 16.5. The number of likely N-dealkylation sites (tertiary alicyclic amines) is 1. The minimum Gasteiger partial charge on any atom is -0.497 e. The Morgan fingerprint density at radius 2 is 2.07 bits per heavy atom. The summed E-state index contributed by atoms with van der Waals surface area (Å²) in [5, 5.41) is 7.19. The van der Waals surface area contributed by atoms with Gasteiger partial charge in [-0.15, -0.1) is 0 Å². The van der Waals surface area contributed by atoms with Crippen LogP contribution in [0.25, 0.3) is 0 Å². The first-order chi connectivity index (χ1) is 14.2. The highest BCUT2D eigenvalue weighted by Crippen LogP contribution is 2.29. The summed E-state index contributed by atoms with van der Waals surface area (Å²) in [4.78, 5) is 15.0. The number of piperidine rings is 1. The number of carbonyl (C=O) groups is 1. The average Bonchev–Trinajstić information content (AvgIpc) is 3.25. The summed E-state index contributed by atoms with van der Waals surface area (Å²) in [6.07, 6.45) is 7.97. The van der Waals surface area contributed by atoms with E-state index in [2.05, 4.69) is 27.5 Å². The zero-order chi connectivity index (χ0) is 20.1. The van der Waals surface area contributed by atoms with Gasteiger partial charge in [-0.3, -0.25) is 9.69 Å². The van der Waals surface area contributed by atoms with E-state index in [1.54, 1.807) is 7.11 Å². The molecule has 1 saturated carbocycles. The molecule has 1 aromatic carbocycles. The topological polar surface area (TPSA) is 67.6 Å². The molecule has 1 aromatic heterocycles. The Morgan fingerprint density at radius 1 is 1.21 bits per heavy atom. The molecule has 1 N–H and O–H groups in total. The van der Waals surface area contributed by atoms with Crippen LogP contribution in [-0.2, 0) is 6.54 Å². The first-order valence-electron chi connectivity index (χ1n) is 10.8. The zero-order valence-electron chi connectivity index (χ0n) is 17.2. The number of ether oxygens (including phenoxy) is 1. The summed E-state index contributed by atoms with van der Waals surface area (Å²) in [5.41, 5.74) is 1.66. The molecule has 1 aliphatic carbocycles. The van der Waals surface area contributed by atoms with Crippen molar-refractivity contribution in [3.63, 3.8) is 0 Å². The molecule has 2 heterocycles. The minimum atomic E-state index is -0.101. The highest BCUT2D eigenvalue weighted by molar-refractivity contribution is 5.92. The number of methoxy groups -OCH3 is 1. The lowest BCUT2D eigenvalue weighted by Crippen LogP contribution is -2.36. The molecule has 2 aliphatic rings. The van der Waals surface area contributed by atoms with Crippen LogP contribution in [0.15, 0.2) is 34.9 Å². The number of carbonyl (C=O) groups excluding carboxylic acids is 1. The number of hydrogen-bond donors (Lipinski definition) is 1. The van der Waals surface area contributed by atoms with Gasteiger partial charge in [0.15, 0.2) is 5.69 Å². The number of rotatable bonds is 6. The average molecular weight is 398 g/mol. The number of nitrogens with one attached hydrogen (secondary N) is 1. The minimum absolute atomic E-state index is 0.101. The number of nitrogens with zero attached hydrogens (tertiary/aromatic N) is 2. The van der Waals surface area contributed by atoms with Crippen molar-refractivity contribution < 1.29 is 14.1 Å². The Hall–Kier alpha value is -2.34. The smallest absolute Gasteiger partial charge is 0.273 e. The van der Waals surface area contributed by atoms with Crippen molar-refractivity contribution in [2.24, 2.45) is 0 Å². The van der Waals surface area contributed by atoms with Crippen molar-refractivity contribution in [2.75, 3.05) is 20.2 Å². The summed E-state index contributed by atoms with van der Waals surface area (Å²) in [6.45, 7) is 2.86. The molecule has 29 heavy (non-hydrogen) atoms. The van der Waals surface area contributed by atoms with Crippen molar-refractivity contribution in [3.8, 4) is 5.75 Å². The molecule has 1 saturated heterocycles. The summed E-state index contributed by atoms with van der Waals surface area (Å²) < 4.78 is 10.9. The van der Waals surface area contributed by atoms with Crippen molar-refractivity contribution in [1.82, 2.24) is 15.4 Å². The summed E-state index contributed by atoms with van der Waals surface area (Å²) >= 11 is 0. The number of hydrogen-bond acceptors (Lipinski definition) is 5. The Kier molecular flexibility index (Phi) is 6.49. The van der Waals surface area contributed by atoms with E-state index >= 15 is 0 Å². The van der Waals surface area contributed by atoms with Gasteiger partial charge in [-0.05, 0) is 49.9 Å². The van der Waals surface area contributed by atoms with Gasteiger partial charge in [0.1, 0.15) is 11.5 Å². The van der Waals surface area contributed by atoms with E-state index < -0.39 is 0 Å². The third-order valence-corrected chi connectivity index (χ3v) is 6.15. The van der Waals surface area contributed by atoms with E-state index in [1.165, 1.54) is 24.8 Å². The van der Waals surface area contributed by atoms with Gasteiger partial charge in [-0.2, -0.15) is 0 Å². The molecular formula is C23H31N3O3. The second-order valence-electron chi connectivity index (χ2n) is 8.35. The fourth-order valence-corrected chi connectivity index (χ4v) is 4.56. The van der Waals surface area contributed by atoms with E-state index in [4.69, 9.17) is 9.26 Å². The van der Waals surface area contributed by atoms with Crippen LogP contribution in [0.5, 0.6) is 5.75 Å². The summed E-state index contributed by atoms with van der Waals surface area (Å²) in [7, 11) is 1.70. The molecule has 0 unspecified atom stereocenters. The molecule has 0 radical (unpaired) electrons. The molecule has 2 aromatic rings. The maximum Gasteiger partial charge on any atom is 0.273 e. The number of aromatic nitrogens is 1. The Balaban J connectivity index is 1.35. The fraction of sp³-hybridized carbons (Fsp3) is 0.565. The van der Waals surface area contributed by atoms with Crippen LogP contribution in [-0.4, -0.2) is 42.2 Å². The molecule has 6 heteroatoms. The normalized spacial score (nSPS) is 21.1. The van der Waals surface area contributed by atoms with E-state index in [0.29, 0.717) is 5.69 Å². The van der Waals surface area contributed by atoms with E-state index in [-0.39, 0.29) is 17.9 Å². The molecule has 1 atom stereocenters. The van der Waals surface area contributed by atoms with Crippen LogP contribution >= 0.6 is 0 Å². The third-order valence-electron chi connectivity index (χ3n) is 6.15. The Bertz CT molecular complexity index is 813. The SMILES string of the molecule is COc1cccc(CN2CCC[C@@H](c3cc(C(=O)NC4CCCCC4)no3)C2)c1. The van der Waals surface area contributed by atoms with Crippen molar-refractivity contribution >= 4 is 5.91 Å². The predicted octanol–water partition coefficient (Wildman–Crippen LogP) is 4.13. The molecule has 1 amide bonds. The zero-order valence-corrected chi connectivity index (χ0v) is 17.2. The number of amides is 1. The standard InChI is InChI=1S/C23H31N3O3/c1-28-20-11-5-7-17(13-20)15-26-12-6-8-18(16-26)22-14-21(25-29-22)23(27)24-19-9-3-2-4-10-19/h5,7,11,13-14,18-19H,2-4,6,8-10,12,15-16H2,1H3,(H,24,27)/t18-/m1/s1. The molecule has 6 nitrogen and oxygen atoms in total. The third kappa shape index (κ3) is 5.18. The maximum absolute atomic E-state index is 12.5. The van der Waals surface area contributed by atoms with Crippen LogP contribution in [0.1, 0.15) is 72.7 Å². The van der Waals surface area contributed by atoms with E-state index in [0.717, 1.165) is 56.8 Å². The first-order valence-corrected chi connectivity index (χ1v) is 10.8. The fourth-order valence-electron chi connectivity index (χ4n) is 4.56. The van der Waals surface area contributed by atoms with Gasteiger partial charge in [0.25, 0.3) is 5.91 Å². The van der Waals surface area contributed by atoms with Gasteiger partial charge in [0.05, 0.1) is 7.11 Å². The maximum atomic E-state index is 12.5. The monoisotopic (exact) mass is 397 g/mol. The summed E-state index contributed by atoms with van der Waals surface area (Å²) in [6, 6.07) is 10.3. The van der Waals surface area contributed by atoms with E-state index in [1.807, 2.05) is 18.2 Å². The van der Waals surface area contributed by atoms with Crippen LogP contribution in [0.4, 0.5) is 0 Å². The quantitative estimate of drug-likeness (QED) is 0.794. The van der Waals surface area contributed by atoms with Crippen LogP contribution in [0, 0.1) is 0 Å². The first kappa shape index (κ1) is 20.0. The van der Waals surface area contributed by atoms with Gasteiger partial charge in [-0.25, -0.2) is 0 Å². The molecule has 0 bridgehead atoms. The molecule has 1 aliphatic heterocycles. The van der Waals surface area contributed by atoms with Crippen molar-refractivity contribution in [1.29, 1.82) is 0 Å². The Labute approximate surface area is 172 Å².